The van der Waals surface area contributed by atoms with Crippen LogP contribution in [0.3, 0.4) is 0 Å². The summed E-state index contributed by atoms with van der Waals surface area (Å²) in [5.74, 6) is 0.796. The van der Waals surface area contributed by atoms with Crippen molar-refractivity contribution in [3.8, 4) is 0 Å². The van der Waals surface area contributed by atoms with Gasteiger partial charge in [0, 0.05) is 22.7 Å². The highest BCUT2D eigenvalue weighted by atomic mass is 79.9. The van der Waals surface area contributed by atoms with Gasteiger partial charge in [0.2, 0.25) is 0 Å². The Morgan fingerprint density at radius 3 is 2.74 bits per heavy atom. The largest absolute Gasteiger partial charge is 0.270 e. The zero-order valence-electron chi connectivity index (χ0n) is 10.6. The monoisotopic (exact) mass is 378 g/mol. The van der Waals surface area contributed by atoms with Crippen molar-refractivity contribution in [2.75, 3.05) is 0 Å². The first kappa shape index (κ1) is 15.2. The molecule has 2 rings (SSSR count). The topological polar surface area (TPSA) is 17.8 Å². The molecule has 0 atom stereocenters. The highest BCUT2D eigenvalue weighted by molar-refractivity contribution is 9.10. The van der Waals surface area contributed by atoms with E-state index in [2.05, 4.69) is 28.0 Å². The lowest BCUT2D eigenvalue weighted by atomic mass is 10.3. The van der Waals surface area contributed by atoms with Gasteiger partial charge in [-0.05, 0) is 40.5 Å². The van der Waals surface area contributed by atoms with Crippen LogP contribution in [0.1, 0.15) is 18.3 Å². The van der Waals surface area contributed by atoms with Crippen LogP contribution in [-0.2, 0) is 19.2 Å². The molecule has 0 bridgehead atoms. The molecule has 0 fully saturated rings. The minimum absolute atomic E-state index is 0.699. The summed E-state index contributed by atoms with van der Waals surface area (Å²) in [7, 11) is 1.96. The number of rotatable bonds is 4. The molecule has 0 amide bonds. The van der Waals surface area contributed by atoms with Gasteiger partial charge in [-0.1, -0.05) is 30.1 Å². The summed E-state index contributed by atoms with van der Waals surface area (Å²) in [4.78, 5) is 0.986. The van der Waals surface area contributed by atoms with E-state index in [1.165, 1.54) is 0 Å². The molecule has 0 spiro atoms. The summed E-state index contributed by atoms with van der Waals surface area (Å²) in [5.41, 5.74) is 2.23. The zero-order valence-corrected chi connectivity index (χ0v) is 14.5. The molecule has 0 saturated carbocycles. The van der Waals surface area contributed by atoms with Crippen LogP contribution in [0.5, 0.6) is 0 Å². The van der Waals surface area contributed by atoms with E-state index in [1.54, 1.807) is 17.8 Å². The minimum atomic E-state index is 0.699. The fourth-order valence-corrected chi connectivity index (χ4v) is 4.21. The summed E-state index contributed by atoms with van der Waals surface area (Å²) in [5, 5.41) is 5.90. The maximum Gasteiger partial charge on any atom is 0.0767 e. The van der Waals surface area contributed by atoms with Gasteiger partial charge in [-0.15, -0.1) is 11.8 Å². The zero-order chi connectivity index (χ0) is 14.0. The molecule has 1 aromatic heterocycles. The fraction of sp³-hybridized carbons (Fsp3) is 0.308. The first-order valence-electron chi connectivity index (χ1n) is 5.81. The van der Waals surface area contributed by atoms with Gasteiger partial charge in [-0.3, -0.25) is 4.68 Å². The molecule has 0 aliphatic heterocycles. The van der Waals surface area contributed by atoms with Gasteiger partial charge >= 0.3 is 0 Å². The molecular formula is C13H13BrCl2N2S. The van der Waals surface area contributed by atoms with Gasteiger partial charge in [0.1, 0.15) is 0 Å². The average molecular weight is 380 g/mol. The second-order valence-electron chi connectivity index (χ2n) is 4.05. The maximum absolute atomic E-state index is 6.16. The Morgan fingerprint density at radius 2 is 2.11 bits per heavy atom. The first-order valence-corrected chi connectivity index (χ1v) is 8.34. The minimum Gasteiger partial charge on any atom is -0.270 e. The second-order valence-corrected chi connectivity index (χ2v) is 6.70. The van der Waals surface area contributed by atoms with Crippen LogP contribution in [0.25, 0.3) is 0 Å². The Bertz CT molecular complexity index is 599. The molecule has 6 heteroatoms. The van der Waals surface area contributed by atoms with E-state index in [0.717, 1.165) is 38.0 Å². The van der Waals surface area contributed by atoms with Crippen LogP contribution in [0.2, 0.25) is 10.0 Å². The molecule has 1 heterocycles. The van der Waals surface area contributed by atoms with Crippen LogP contribution >= 0.6 is 50.9 Å². The van der Waals surface area contributed by atoms with Crippen molar-refractivity contribution in [1.82, 2.24) is 9.78 Å². The lowest BCUT2D eigenvalue weighted by molar-refractivity contribution is 0.719. The number of hydrogen-bond acceptors (Lipinski definition) is 2. The third-order valence-electron chi connectivity index (χ3n) is 2.76. The first-order chi connectivity index (χ1) is 9.02. The highest BCUT2D eigenvalue weighted by Crippen LogP contribution is 2.34. The van der Waals surface area contributed by atoms with E-state index in [4.69, 9.17) is 23.2 Å². The number of halogens is 3. The van der Waals surface area contributed by atoms with Gasteiger partial charge in [0.05, 0.1) is 20.9 Å². The predicted octanol–water partition coefficient (Wildman–Crippen LogP) is 5.34. The predicted molar refractivity (Wildman–Crippen MR) is 86.3 cm³/mol. The van der Waals surface area contributed by atoms with E-state index in [9.17, 15) is 0 Å². The van der Waals surface area contributed by atoms with Crippen LogP contribution in [0.15, 0.2) is 27.6 Å². The van der Waals surface area contributed by atoms with E-state index >= 15 is 0 Å². The van der Waals surface area contributed by atoms with E-state index < -0.39 is 0 Å². The highest BCUT2D eigenvalue weighted by Gasteiger charge is 2.13. The lowest BCUT2D eigenvalue weighted by Gasteiger charge is -2.06. The van der Waals surface area contributed by atoms with Crippen LogP contribution in [0, 0.1) is 0 Å². The molecule has 0 unspecified atom stereocenters. The molecule has 0 aliphatic carbocycles. The van der Waals surface area contributed by atoms with Crippen LogP contribution in [0.4, 0.5) is 0 Å². The van der Waals surface area contributed by atoms with Crippen molar-refractivity contribution < 1.29 is 0 Å². The molecule has 0 aliphatic rings. The Kier molecular flexibility index (Phi) is 5.23. The van der Waals surface area contributed by atoms with Gasteiger partial charge < -0.3 is 0 Å². The van der Waals surface area contributed by atoms with Gasteiger partial charge in [0.15, 0.2) is 0 Å². The van der Waals surface area contributed by atoms with Crippen molar-refractivity contribution in [3.05, 3.63) is 44.1 Å². The number of hydrogen-bond donors (Lipinski definition) is 0. The second kappa shape index (κ2) is 6.53. The Hall–Kier alpha value is -0.160. The van der Waals surface area contributed by atoms with Crippen molar-refractivity contribution >= 4 is 50.9 Å². The number of thioether (sulfide) groups is 1. The summed E-state index contributed by atoms with van der Waals surface area (Å²) in [6.45, 7) is 2.10. The Labute approximate surface area is 135 Å². The van der Waals surface area contributed by atoms with Crippen LogP contribution < -0.4 is 0 Å². The van der Waals surface area contributed by atoms with Crippen molar-refractivity contribution in [2.45, 2.75) is 24.0 Å². The molecule has 1 aromatic carbocycles. The standard InChI is InChI=1S/C13H13BrCl2N2S/c1-3-10-13(14)11(18(2)17-10)7-19-12-6-8(15)4-5-9(12)16/h4-6H,3,7H2,1-2H3. The van der Waals surface area contributed by atoms with Crippen LogP contribution in [-0.4, -0.2) is 9.78 Å². The summed E-state index contributed by atoms with van der Waals surface area (Å²) < 4.78 is 3.00. The van der Waals surface area contributed by atoms with E-state index in [1.807, 2.05) is 23.9 Å². The summed E-state index contributed by atoms with van der Waals surface area (Å²) >= 11 is 17.4. The van der Waals surface area contributed by atoms with Gasteiger partial charge in [0.25, 0.3) is 0 Å². The smallest absolute Gasteiger partial charge is 0.0767 e. The Balaban J connectivity index is 2.19. The maximum atomic E-state index is 6.16. The Morgan fingerprint density at radius 1 is 1.37 bits per heavy atom. The molecule has 0 radical (unpaired) electrons. The van der Waals surface area contributed by atoms with Crippen molar-refractivity contribution in [2.24, 2.45) is 7.05 Å². The molecule has 0 saturated heterocycles. The number of aryl methyl sites for hydroxylation is 2. The molecule has 2 nitrogen and oxygen atoms in total. The fourth-order valence-electron chi connectivity index (χ4n) is 1.71. The van der Waals surface area contributed by atoms with E-state index in [-0.39, 0.29) is 0 Å². The molecule has 102 valence electrons. The molecule has 2 aromatic rings. The van der Waals surface area contributed by atoms with E-state index in [0.29, 0.717) is 5.02 Å². The van der Waals surface area contributed by atoms with Gasteiger partial charge in [-0.2, -0.15) is 5.10 Å². The van der Waals surface area contributed by atoms with Crippen molar-refractivity contribution in [3.63, 3.8) is 0 Å². The lowest BCUT2D eigenvalue weighted by Crippen LogP contribution is -1.97. The summed E-state index contributed by atoms with van der Waals surface area (Å²) in [6.07, 6.45) is 0.914. The molecule has 19 heavy (non-hydrogen) atoms. The number of nitrogens with zero attached hydrogens (tertiary/aromatic N) is 2. The quantitative estimate of drug-likeness (QED) is 0.666. The van der Waals surface area contributed by atoms with Gasteiger partial charge in [-0.25, -0.2) is 0 Å². The normalized spacial score (nSPS) is 11.0. The summed E-state index contributed by atoms with van der Waals surface area (Å²) in [6, 6.07) is 5.50. The SMILES string of the molecule is CCc1nn(C)c(CSc2cc(Cl)ccc2Cl)c1Br. The third kappa shape index (κ3) is 3.48. The number of benzene rings is 1. The third-order valence-corrected chi connectivity index (χ3v) is 5.42. The number of aromatic nitrogens is 2. The van der Waals surface area contributed by atoms with Crippen molar-refractivity contribution in [1.29, 1.82) is 0 Å². The average Bonchev–Trinajstić information content (AvgIpc) is 2.66. The molecule has 0 N–H and O–H groups in total. The molecular weight excluding hydrogens is 367 g/mol.